The number of nitrogens with one attached hydrogen (secondary N) is 1. The predicted octanol–water partition coefficient (Wildman–Crippen LogP) is 2.96. The molecule has 0 unspecified atom stereocenters. The highest BCUT2D eigenvalue weighted by atomic mass is 16.5. The smallest absolute Gasteiger partial charge is 0.142 e. The molecule has 0 aliphatic carbocycles. The Morgan fingerprint density at radius 2 is 2.11 bits per heavy atom. The summed E-state index contributed by atoms with van der Waals surface area (Å²) >= 11 is 0. The van der Waals surface area contributed by atoms with Crippen molar-refractivity contribution in [1.29, 1.82) is 5.26 Å². The lowest BCUT2D eigenvalue weighted by Gasteiger charge is -2.08. The Morgan fingerprint density at radius 1 is 1.26 bits per heavy atom. The van der Waals surface area contributed by atoms with E-state index in [1.165, 1.54) is 0 Å². The highest BCUT2D eigenvalue weighted by molar-refractivity contribution is 5.40. The number of nitrogens with zero attached hydrogens (tertiary/aromatic N) is 2. The van der Waals surface area contributed by atoms with Crippen LogP contribution in [-0.4, -0.2) is 11.6 Å². The third kappa shape index (κ3) is 3.71. The van der Waals surface area contributed by atoms with E-state index < -0.39 is 0 Å². The van der Waals surface area contributed by atoms with Crippen LogP contribution in [0.15, 0.2) is 42.5 Å². The van der Waals surface area contributed by atoms with Crippen molar-refractivity contribution in [3.05, 3.63) is 53.7 Å². The molecule has 0 amide bonds. The lowest BCUT2D eigenvalue weighted by Crippen LogP contribution is -2.02. The first-order valence-electron chi connectivity index (χ1n) is 6.14. The van der Waals surface area contributed by atoms with Gasteiger partial charge in [0.1, 0.15) is 23.3 Å². The van der Waals surface area contributed by atoms with Gasteiger partial charge in [-0.1, -0.05) is 18.2 Å². The molecule has 1 aromatic heterocycles. The largest absolute Gasteiger partial charge is 0.494 e. The molecule has 0 spiro atoms. The van der Waals surface area contributed by atoms with Gasteiger partial charge in [-0.2, -0.15) is 5.26 Å². The Labute approximate surface area is 112 Å². The van der Waals surface area contributed by atoms with E-state index in [9.17, 15) is 0 Å². The molecule has 0 atom stereocenters. The second-order valence-electron chi connectivity index (χ2n) is 3.95. The van der Waals surface area contributed by atoms with Gasteiger partial charge in [-0.25, -0.2) is 4.98 Å². The van der Waals surface area contributed by atoms with Gasteiger partial charge in [0.05, 0.1) is 6.61 Å². The van der Waals surface area contributed by atoms with E-state index in [1.54, 1.807) is 6.07 Å². The molecule has 96 valence electrons. The minimum Gasteiger partial charge on any atom is -0.494 e. The molecule has 4 heteroatoms. The summed E-state index contributed by atoms with van der Waals surface area (Å²) < 4.78 is 5.45. The van der Waals surface area contributed by atoms with E-state index in [0.717, 1.165) is 11.3 Å². The Kier molecular flexibility index (Phi) is 4.35. The van der Waals surface area contributed by atoms with Crippen molar-refractivity contribution < 1.29 is 4.74 Å². The summed E-state index contributed by atoms with van der Waals surface area (Å²) in [4.78, 5) is 4.16. The van der Waals surface area contributed by atoms with Gasteiger partial charge < -0.3 is 10.1 Å². The van der Waals surface area contributed by atoms with Gasteiger partial charge in [-0.3, -0.25) is 0 Å². The molecule has 2 aromatic rings. The molecule has 0 saturated heterocycles. The maximum absolute atomic E-state index is 8.79. The van der Waals surface area contributed by atoms with Crippen LogP contribution in [0.25, 0.3) is 0 Å². The molecule has 1 heterocycles. The number of hydrogen-bond acceptors (Lipinski definition) is 4. The predicted molar refractivity (Wildman–Crippen MR) is 73.9 cm³/mol. The van der Waals surface area contributed by atoms with Gasteiger partial charge in [-0.05, 0) is 36.8 Å². The normalized spacial score (nSPS) is 9.68. The topological polar surface area (TPSA) is 57.9 Å². The summed E-state index contributed by atoms with van der Waals surface area (Å²) in [6.07, 6.45) is 0. The molecule has 4 nitrogen and oxygen atoms in total. The number of rotatable bonds is 5. The van der Waals surface area contributed by atoms with Gasteiger partial charge in [0.15, 0.2) is 0 Å². The van der Waals surface area contributed by atoms with Crippen LogP contribution in [-0.2, 0) is 6.54 Å². The van der Waals surface area contributed by atoms with Crippen LogP contribution in [0.4, 0.5) is 5.82 Å². The lowest BCUT2D eigenvalue weighted by atomic mass is 10.2. The van der Waals surface area contributed by atoms with E-state index in [1.807, 2.05) is 49.4 Å². The SMILES string of the molecule is CCOc1cccc(CNc2cccc(C#N)n2)c1. The fourth-order valence-corrected chi connectivity index (χ4v) is 1.70. The monoisotopic (exact) mass is 253 g/mol. The number of hydrogen-bond donors (Lipinski definition) is 1. The molecular formula is C15H15N3O. The summed E-state index contributed by atoms with van der Waals surface area (Å²) in [6.45, 7) is 3.26. The molecule has 1 aromatic carbocycles. The van der Waals surface area contributed by atoms with Crippen LogP contribution >= 0.6 is 0 Å². The summed E-state index contributed by atoms with van der Waals surface area (Å²) in [7, 11) is 0. The van der Waals surface area contributed by atoms with Crippen molar-refractivity contribution in [2.75, 3.05) is 11.9 Å². The van der Waals surface area contributed by atoms with E-state index >= 15 is 0 Å². The van der Waals surface area contributed by atoms with Crippen LogP contribution in [0.1, 0.15) is 18.2 Å². The van der Waals surface area contributed by atoms with Gasteiger partial charge in [0.25, 0.3) is 0 Å². The van der Waals surface area contributed by atoms with Crippen LogP contribution in [0.2, 0.25) is 0 Å². The average molecular weight is 253 g/mol. The summed E-state index contributed by atoms with van der Waals surface area (Å²) in [6, 6.07) is 15.3. The van der Waals surface area contributed by atoms with Crippen molar-refractivity contribution in [2.45, 2.75) is 13.5 Å². The number of nitriles is 1. The number of anilines is 1. The molecular weight excluding hydrogens is 238 g/mol. The van der Waals surface area contributed by atoms with Crippen molar-refractivity contribution in [3.8, 4) is 11.8 Å². The average Bonchev–Trinajstić information content (AvgIpc) is 2.46. The zero-order valence-corrected chi connectivity index (χ0v) is 10.8. The minimum atomic E-state index is 0.410. The highest BCUT2D eigenvalue weighted by Crippen LogP contribution is 2.14. The third-order valence-electron chi connectivity index (χ3n) is 2.55. The Morgan fingerprint density at radius 3 is 2.89 bits per heavy atom. The number of pyridine rings is 1. The summed E-state index contributed by atoms with van der Waals surface area (Å²) in [5, 5.41) is 12.0. The van der Waals surface area contributed by atoms with Crippen molar-refractivity contribution >= 4 is 5.82 Å². The Balaban J connectivity index is 2.01. The molecule has 0 aliphatic rings. The maximum Gasteiger partial charge on any atom is 0.142 e. The van der Waals surface area contributed by atoms with E-state index in [0.29, 0.717) is 24.7 Å². The van der Waals surface area contributed by atoms with Crippen LogP contribution in [0.5, 0.6) is 5.75 Å². The fourth-order valence-electron chi connectivity index (χ4n) is 1.70. The lowest BCUT2D eigenvalue weighted by molar-refractivity contribution is 0.340. The van der Waals surface area contributed by atoms with E-state index in [-0.39, 0.29) is 0 Å². The molecule has 19 heavy (non-hydrogen) atoms. The van der Waals surface area contributed by atoms with Gasteiger partial charge in [0.2, 0.25) is 0 Å². The number of aromatic nitrogens is 1. The standard InChI is InChI=1S/C15H15N3O/c1-2-19-14-7-3-5-12(9-14)11-17-15-8-4-6-13(10-16)18-15/h3-9H,2,11H2,1H3,(H,17,18). The molecule has 0 radical (unpaired) electrons. The molecule has 0 bridgehead atoms. The molecule has 0 saturated carbocycles. The van der Waals surface area contributed by atoms with Gasteiger partial charge >= 0.3 is 0 Å². The third-order valence-corrected chi connectivity index (χ3v) is 2.55. The molecule has 2 rings (SSSR count). The van der Waals surface area contributed by atoms with E-state index in [2.05, 4.69) is 10.3 Å². The van der Waals surface area contributed by atoms with Crippen LogP contribution in [0.3, 0.4) is 0 Å². The highest BCUT2D eigenvalue weighted by Gasteiger charge is 1.99. The zero-order chi connectivity index (χ0) is 13.5. The number of benzene rings is 1. The first-order chi connectivity index (χ1) is 9.31. The second kappa shape index (κ2) is 6.41. The Hall–Kier alpha value is -2.54. The summed E-state index contributed by atoms with van der Waals surface area (Å²) in [5.41, 5.74) is 1.52. The van der Waals surface area contributed by atoms with Crippen molar-refractivity contribution in [2.24, 2.45) is 0 Å². The van der Waals surface area contributed by atoms with Gasteiger partial charge in [0, 0.05) is 6.54 Å². The molecule has 0 fully saturated rings. The Bertz CT molecular complexity index is 590. The maximum atomic E-state index is 8.79. The summed E-state index contributed by atoms with van der Waals surface area (Å²) in [5.74, 6) is 1.56. The first-order valence-corrected chi connectivity index (χ1v) is 6.14. The minimum absolute atomic E-state index is 0.410. The van der Waals surface area contributed by atoms with Crippen molar-refractivity contribution in [3.63, 3.8) is 0 Å². The van der Waals surface area contributed by atoms with Gasteiger partial charge in [-0.15, -0.1) is 0 Å². The van der Waals surface area contributed by atoms with Crippen LogP contribution in [0, 0.1) is 11.3 Å². The second-order valence-corrected chi connectivity index (χ2v) is 3.95. The van der Waals surface area contributed by atoms with E-state index in [4.69, 9.17) is 10.00 Å². The molecule has 1 N–H and O–H groups in total. The quantitative estimate of drug-likeness (QED) is 0.890. The van der Waals surface area contributed by atoms with Crippen LogP contribution < -0.4 is 10.1 Å². The van der Waals surface area contributed by atoms with Crippen molar-refractivity contribution in [1.82, 2.24) is 4.98 Å². The zero-order valence-electron chi connectivity index (χ0n) is 10.8. The fraction of sp³-hybridized carbons (Fsp3) is 0.200. The first kappa shape index (κ1) is 12.9. The number of ether oxygens (including phenoxy) is 1. The molecule has 0 aliphatic heterocycles.